The second-order valence-corrected chi connectivity index (χ2v) is 11.5. The Kier molecular flexibility index (Phi) is 23.6. The average molecular weight is 453 g/mol. The van der Waals surface area contributed by atoms with Crippen LogP contribution < -0.4 is 0 Å². The smallest absolute Gasteiger partial charge is 0.0519 e. The van der Waals surface area contributed by atoms with E-state index in [0.717, 1.165) is 36.2 Å². The molecule has 0 radical (unpaired) electrons. The quantitative estimate of drug-likeness (QED) is 0.349. The van der Waals surface area contributed by atoms with Crippen molar-refractivity contribution in [1.29, 1.82) is 0 Å². The minimum Gasteiger partial charge on any atom is -0.379 e. The molecule has 3 fully saturated rings. The summed E-state index contributed by atoms with van der Waals surface area (Å²) in [7, 11) is 0. The zero-order valence-electron chi connectivity index (χ0n) is 23.5. The van der Waals surface area contributed by atoms with Gasteiger partial charge in [-0.05, 0) is 101 Å². The molecule has 0 unspecified atom stereocenters. The molecule has 3 aliphatic rings. The summed E-state index contributed by atoms with van der Waals surface area (Å²) in [4.78, 5) is 0. The maximum atomic E-state index is 5.37. The average Bonchev–Trinajstić information content (AvgIpc) is 3.50. The summed E-state index contributed by atoms with van der Waals surface area (Å²) in [5.74, 6) is 6.35. The monoisotopic (exact) mass is 452 g/mol. The van der Waals surface area contributed by atoms with E-state index in [1.807, 2.05) is 13.0 Å². The van der Waals surface area contributed by atoms with Crippen LogP contribution in [0.15, 0.2) is 24.8 Å². The normalized spacial score (nSPS) is 16.5. The van der Waals surface area contributed by atoms with E-state index in [4.69, 9.17) is 4.74 Å². The summed E-state index contributed by atoms with van der Waals surface area (Å²) in [5, 5.41) is 0. The lowest BCUT2D eigenvalue weighted by atomic mass is 10.1. The van der Waals surface area contributed by atoms with Crippen LogP contribution in [-0.2, 0) is 4.74 Å². The van der Waals surface area contributed by atoms with Gasteiger partial charge in [0.2, 0.25) is 0 Å². The molecule has 0 spiro atoms. The van der Waals surface area contributed by atoms with Crippen LogP contribution in [0.25, 0.3) is 0 Å². The molecule has 3 rings (SSSR count). The minimum atomic E-state index is 0. The molecule has 0 amide bonds. The van der Waals surface area contributed by atoms with Crippen molar-refractivity contribution in [3.63, 3.8) is 0 Å². The lowest BCUT2D eigenvalue weighted by Gasteiger charge is -2.04. The van der Waals surface area contributed by atoms with Gasteiger partial charge in [0.25, 0.3) is 0 Å². The SMILES string of the molecule is C.C=C(C)C(C)C.C=CC(C)C.CC(C)C1CC1.CC(C)C1CC1.CC(C)OCC1CC1. The number of allylic oxidation sites excluding steroid dienone is 2. The van der Waals surface area contributed by atoms with Crippen LogP contribution >= 0.6 is 0 Å². The summed E-state index contributed by atoms with van der Waals surface area (Å²) in [6.07, 6.45) is 11.1. The Morgan fingerprint density at radius 2 is 1.09 bits per heavy atom. The van der Waals surface area contributed by atoms with E-state index in [1.54, 1.807) is 0 Å². The largest absolute Gasteiger partial charge is 0.379 e. The molecule has 0 heterocycles. The molecule has 0 aromatic heterocycles. The van der Waals surface area contributed by atoms with Gasteiger partial charge in [-0.15, -0.1) is 6.58 Å². The van der Waals surface area contributed by atoms with E-state index in [2.05, 4.69) is 82.4 Å². The molecule has 3 aliphatic carbocycles. The van der Waals surface area contributed by atoms with Gasteiger partial charge < -0.3 is 4.74 Å². The summed E-state index contributed by atoms with van der Waals surface area (Å²) in [6.45, 7) is 32.2. The Balaban J connectivity index is -0.000000329. The van der Waals surface area contributed by atoms with Crippen molar-refractivity contribution in [3.8, 4) is 0 Å². The zero-order chi connectivity index (χ0) is 24.6. The van der Waals surface area contributed by atoms with Crippen LogP contribution in [0.1, 0.15) is 122 Å². The van der Waals surface area contributed by atoms with Crippen molar-refractivity contribution in [2.75, 3.05) is 6.61 Å². The standard InChI is InChI=1S/C7H14O.3C6H12.C5H10.CH4/c1-6(2)8-5-7-3-4-7;2*1-5(2)6-3-4-6;1-5(2)6(3)4;1-4-5(2)3;/h6-7H,3-5H2,1-2H3;2*5-6H,3-4H2,1-2H3;6H,1H2,2-4H3;4-5H,1H2,2-3H3;1H4. The van der Waals surface area contributed by atoms with Crippen LogP contribution in [0, 0.1) is 41.4 Å². The predicted octanol–water partition coefficient (Wildman–Crippen LogP) is 10.6. The molecular formula is C31H64O. The van der Waals surface area contributed by atoms with Crippen molar-refractivity contribution in [2.45, 2.75) is 128 Å². The Bertz CT molecular complexity index is 400. The van der Waals surface area contributed by atoms with E-state index in [0.29, 0.717) is 17.9 Å². The first-order chi connectivity index (χ1) is 14.3. The molecule has 1 nitrogen and oxygen atoms in total. The fourth-order valence-electron chi connectivity index (χ4n) is 2.14. The Morgan fingerprint density at radius 3 is 1.19 bits per heavy atom. The molecule has 0 aliphatic heterocycles. The van der Waals surface area contributed by atoms with Crippen molar-refractivity contribution < 1.29 is 4.74 Å². The second kappa shape index (κ2) is 21.0. The Hall–Kier alpha value is -0.560. The number of hydrogen-bond acceptors (Lipinski definition) is 1. The Morgan fingerprint density at radius 1 is 0.781 bits per heavy atom. The van der Waals surface area contributed by atoms with Crippen molar-refractivity contribution in [2.24, 2.45) is 41.4 Å². The first-order valence-electron chi connectivity index (χ1n) is 13.2. The molecule has 1 heteroatoms. The van der Waals surface area contributed by atoms with Crippen LogP contribution in [-0.4, -0.2) is 12.7 Å². The van der Waals surface area contributed by atoms with E-state index in [9.17, 15) is 0 Å². The molecule has 0 atom stereocenters. The predicted molar refractivity (Wildman–Crippen MR) is 150 cm³/mol. The molecule has 3 saturated carbocycles. The topological polar surface area (TPSA) is 9.23 Å². The van der Waals surface area contributed by atoms with Crippen molar-refractivity contribution >= 4 is 0 Å². The highest BCUT2D eigenvalue weighted by molar-refractivity contribution is 4.90. The maximum Gasteiger partial charge on any atom is 0.0519 e. The van der Waals surface area contributed by atoms with Crippen LogP contribution in [0.5, 0.6) is 0 Å². The van der Waals surface area contributed by atoms with E-state index in [-0.39, 0.29) is 7.43 Å². The van der Waals surface area contributed by atoms with Gasteiger partial charge in [-0.25, -0.2) is 0 Å². The van der Waals surface area contributed by atoms with Crippen LogP contribution in [0.3, 0.4) is 0 Å². The summed E-state index contributed by atoms with van der Waals surface area (Å²) in [5.41, 5.74) is 1.26. The third-order valence-electron chi connectivity index (χ3n) is 5.95. The molecule has 0 saturated heterocycles. The van der Waals surface area contributed by atoms with Gasteiger partial charge in [0.15, 0.2) is 0 Å². The van der Waals surface area contributed by atoms with Crippen molar-refractivity contribution in [3.05, 3.63) is 24.8 Å². The van der Waals surface area contributed by atoms with Crippen LogP contribution in [0.2, 0.25) is 0 Å². The first kappa shape index (κ1) is 36.0. The van der Waals surface area contributed by atoms with Gasteiger partial charge in [-0.2, -0.15) is 0 Å². The third-order valence-corrected chi connectivity index (χ3v) is 5.95. The highest BCUT2D eigenvalue weighted by Crippen LogP contribution is 2.36. The number of ether oxygens (including phenoxy) is 1. The molecule has 0 aromatic carbocycles. The van der Waals surface area contributed by atoms with Gasteiger partial charge in [-0.1, -0.05) is 81.0 Å². The molecule has 0 aromatic rings. The zero-order valence-corrected chi connectivity index (χ0v) is 23.5. The number of rotatable bonds is 7. The van der Waals surface area contributed by atoms with Gasteiger partial charge >= 0.3 is 0 Å². The van der Waals surface area contributed by atoms with E-state index in [1.165, 1.54) is 44.1 Å². The molecule has 194 valence electrons. The van der Waals surface area contributed by atoms with Gasteiger partial charge in [0.05, 0.1) is 6.10 Å². The highest BCUT2D eigenvalue weighted by atomic mass is 16.5. The Labute approximate surface area is 205 Å². The van der Waals surface area contributed by atoms with Gasteiger partial charge in [0.1, 0.15) is 0 Å². The fourth-order valence-corrected chi connectivity index (χ4v) is 2.14. The van der Waals surface area contributed by atoms with Crippen molar-refractivity contribution in [1.82, 2.24) is 0 Å². The maximum absolute atomic E-state index is 5.37. The van der Waals surface area contributed by atoms with Gasteiger partial charge in [-0.3, -0.25) is 0 Å². The molecule has 0 N–H and O–H groups in total. The summed E-state index contributed by atoms with van der Waals surface area (Å²) in [6, 6.07) is 0. The van der Waals surface area contributed by atoms with E-state index >= 15 is 0 Å². The highest BCUT2D eigenvalue weighted by Gasteiger charge is 2.24. The lowest BCUT2D eigenvalue weighted by Crippen LogP contribution is -2.04. The first-order valence-corrected chi connectivity index (χ1v) is 13.2. The summed E-state index contributed by atoms with van der Waals surface area (Å²) >= 11 is 0. The lowest BCUT2D eigenvalue weighted by molar-refractivity contribution is 0.0707. The third kappa shape index (κ3) is 31.6. The fraction of sp³-hybridized carbons (Fsp3) is 0.871. The summed E-state index contributed by atoms with van der Waals surface area (Å²) < 4.78 is 5.37. The molecule has 0 bridgehead atoms. The number of hydrogen-bond donors (Lipinski definition) is 0. The van der Waals surface area contributed by atoms with Crippen LogP contribution in [0.4, 0.5) is 0 Å². The second-order valence-electron chi connectivity index (χ2n) is 11.5. The molecule has 32 heavy (non-hydrogen) atoms. The minimum absolute atomic E-state index is 0. The van der Waals surface area contributed by atoms with E-state index < -0.39 is 0 Å². The molecular weight excluding hydrogens is 388 g/mol. The van der Waals surface area contributed by atoms with Gasteiger partial charge in [0, 0.05) is 6.61 Å².